The molecule has 0 saturated carbocycles. The number of hydrogen-bond donors (Lipinski definition) is 1. The first-order chi connectivity index (χ1) is 15.1. The van der Waals surface area contributed by atoms with Gasteiger partial charge in [-0.3, -0.25) is 4.99 Å². The monoisotopic (exact) mass is 566 g/mol. The van der Waals surface area contributed by atoms with E-state index in [9.17, 15) is 0 Å². The Kier molecular flexibility index (Phi) is 8.46. The van der Waals surface area contributed by atoms with Gasteiger partial charge in [0.2, 0.25) is 5.13 Å². The molecule has 1 N–H and O–H groups in total. The van der Waals surface area contributed by atoms with Gasteiger partial charge in [-0.1, -0.05) is 25.1 Å². The Bertz CT molecular complexity index is 1050. The van der Waals surface area contributed by atoms with E-state index in [-0.39, 0.29) is 24.0 Å². The molecule has 1 aliphatic rings. The van der Waals surface area contributed by atoms with Crippen LogP contribution in [0.3, 0.4) is 0 Å². The van der Waals surface area contributed by atoms with Crippen LogP contribution in [-0.2, 0) is 13.0 Å². The van der Waals surface area contributed by atoms with Crippen molar-refractivity contribution in [3.05, 3.63) is 53.1 Å². The number of piperazine rings is 1. The number of halogens is 1. The molecule has 1 aromatic carbocycles. The highest BCUT2D eigenvalue weighted by Gasteiger charge is 2.22. The second kappa shape index (κ2) is 11.1. The van der Waals surface area contributed by atoms with E-state index in [4.69, 9.17) is 0 Å². The highest BCUT2D eigenvalue weighted by atomic mass is 127. The van der Waals surface area contributed by atoms with Crippen LogP contribution < -0.4 is 10.2 Å². The van der Waals surface area contributed by atoms with Crippen molar-refractivity contribution in [3.63, 3.8) is 0 Å². The summed E-state index contributed by atoms with van der Waals surface area (Å²) < 4.78 is 6.43. The topological polar surface area (TPSA) is 74.5 Å². The molecule has 0 radical (unpaired) electrons. The number of aromatic nitrogens is 4. The third-order valence-electron chi connectivity index (χ3n) is 5.50. The van der Waals surface area contributed by atoms with Crippen molar-refractivity contribution >= 4 is 46.6 Å². The predicted octanol–water partition coefficient (Wildman–Crippen LogP) is 3.42. The maximum atomic E-state index is 4.66. The lowest BCUT2D eigenvalue weighted by Gasteiger charge is -2.36. The van der Waals surface area contributed by atoms with Crippen LogP contribution in [0.1, 0.15) is 29.7 Å². The minimum Gasteiger partial charge on any atom is -0.352 e. The van der Waals surface area contributed by atoms with Gasteiger partial charge in [0.25, 0.3) is 0 Å². The number of benzene rings is 1. The number of aryl methyl sites for hydroxylation is 3. The van der Waals surface area contributed by atoms with Gasteiger partial charge in [0.1, 0.15) is 5.82 Å². The van der Waals surface area contributed by atoms with Crippen LogP contribution in [0.2, 0.25) is 0 Å². The Balaban J connectivity index is 0.00000289. The van der Waals surface area contributed by atoms with E-state index in [2.05, 4.69) is 78.7 Å². The molecule has 3 heterocycles. The number of aliphatic imine (C=N–C) groups is 1. The molecule has 2 aromatic heterocycles. The summed E-state index contributed by atoms with van der Waals surface area (Å²) in [7, 11) is 1.85. The summed E-state index contributed by atoms with van der Waals surface area (Å²) in [6.07, 6.45) is 0.881. The standard InChI is InChI=1S/C22H30N8S.HI/c1-5-20-25-22(31-27-20)29-12-10-28(11-13-29)21(23-4)24-15-18-8-6-7-9-19(18)30-17(3)14-16(2)26-30;/h6-9,14H,5,10-13,15H2,1-4H3,(H,23,24);1H. The molecule has 4 rings (SSSR count). The molecular formula is C22H31IN8S. The molecule has 1 saturated heterocycles. The quantitative estimate of drug-likeness (QED) is 0.290. The summed E-state index contributed by atoms with van der Waals surface area (Å²) in [6, 6.07) is 10.5. The van der Waals surface area contributed by atoms with E-state index in [0.29, 0.717) is 6.54 Å². The van der Waals surface area contributed by atoms with Gasteiger partial charge in [-0.05, 0) is 31.5 Å². The van der Waals surface area contributed by atoms with Gasteiger partial charge in [-0.15, -0.1) is 24.0 Å². The van der Waals surface area contributed by atoms with Crippen molar-refractivity contribution in [2.45, 2.75) is 33.7 Å². The Labute approximate surface area is 210 Å². The summed E-state index contributed by atoms with van der Waals surface area (Å²) in [5.41, 5.74) is 4.45. The molecule has 0 atom stereocenters. The predicted molar refractivity (Wildman–Crippen MR) is 142 cm³/mol. The van der Waals surface area contributed by atoms with E-state index in [1.165, 1.54) is 17.1 Å². The maximum absolute atomic E-state index is 4.66. The highest BCUT2D eigenvalue weighted by Crippen LogP contribution is 2.20. The molecule has 8 nitrogen and oxygen atoms in total. The molecule has 0 unspecified atom stereocenters. The van der Waals surface area contributed by atoms with Crippen molar-refractivity contribution in [1.29, 1.82) is 0 Å². The minimum absolute atomic E-state index is 0. The first kappa shape index (κ1) is 24.4. The third kappa shape index (κ3) is 5.40. The summed E-state index contributed by atoms with van der Waals surface area (Å²) in [5.74, 6) is 1.86. The van der Waals surface area contributed by atoms with Gasteiger partial charge in [0.15, 0.2) is 5.96 Å². The zero-order chi connectivity index (χ0) is 21.8. The fourth-order valence-corrected chi connectivity index (χ4v) is 4.67. The Hall–Kier alpha value is -2.21. The molecule has 32 heavy (non-hydrogen) atoms. The fourth-order valence-electron chi connectivity index (χ4n) is 3.87. The first-order valence-electron chi connectivity index (χ1n) is 10.7. The van der Waals surface area contributed by atoms with Crippen LogP contribution in [-0.4, -0.2) is 63.2 Å². The molecule has 0 spiro atoms. The van der Waals surface area contributed by atoms with Gasteiger partial charge in [-0.2, -0.15) is 9.47 Å². The molecule has 0 bridgehead atoms. The summed E-state index contributed by atoms with van der Waals surface area (Å²) in [5, 5.41) is 9.23. The maximum Gasteiger partial charge on any atom is 0.205 e. The van der Waals surface area contributed by atoms with E-state index in [1.807, 2.05) is 18.7 Å². The average Bonchev–Trinajstić information content (AvgIpc) is 3.41. The number of guanidine groups is 1. The normalized spacial score (nSPS) is 14.4. The molecule has 0 amide bonds. The average molecular weight is 567 g/mol. The number of nitrogens with zero attached hydrogens (tertiary/aromatic N) is 7. The molecule has 3 aromatic rings. The number of para-hydroxylation sites is 1. The second-order valence-corrected chi connectivity index (χ2v) is 8.42. The van der Waals surface area contributed by atoms with Crippen molar-refractivity contribution in [1.82, 2.24) is 29.4 Å². The lowest BCUT2D eigenvalue weighted by atomic mass is 10.1. The zero-order valence-electron chi connectivity index (χ0n) is 19.1. The van der Waals surface area contributed by atoms with Crippen molar-refractivity contribution in [3.8, 4) is 5.69 Å². The van der Waals surface area contributed by atoms with Crippen LogP contribution in [0, 0.1) is 13.8 Å². The van der Waals surface area contributed by atoms with Crippen LogP contribution in [0.25, 0.3) is 5.69 Å². The number of anilines is 1. The Morgan fingerprint density at radius 1 is 1.16 bits per heavy atom. The number of hydrogen-bond acceptors (Lipinski definition) is 6. The van der Waals surface area contributed by atoms with Crippen LogP contribution >= 0.6 is 35.5 Å². The van der Waals surface area contributed by atoms with Crippen molar-refractivity contribution in [2.75, 3.05) is 38.1 Å². The Morgan fingerprint density at radius 2 is 1.91 bits per heavy atom. The van der Waals surface area contributed by atoms with E-state index in [1.54, 1.807) is 0 Å². The van der Waals surface area contributed by atoms with E-state index >= 15 is 0 Å². The van der Waals surface area contributed by atoms with Gasteiger partial charge in [0.05, 0.1) is 11.4 Å². The molecule has 172 valence electrons. The van der Waals surface area contributed by atoms with Crippen molar-refractivity contribution < 1.29 is 0 Å². The summed E-state index contributed by atoms with van der Waals surface area (Å²) >= 11 is 1.50. The summed E-state index contributed by atoms with van der Waals surface area (Å²) in [4.78, 5) is 13.8. The lowest BCUT2D eigenvalue weighted by Crippen LogP contribution is -2.52. The van der Waals surface area contributed by atoms with Gasteiger partial charge < -0.3 is 15.1 Å². The highest BCUT2D eigenvalue weighted by molar-refractivity contribution is 14.0. The molecule has 10 heteroatoms. The number of nitrogens with one attached hydrogen (secondary N) is 1. The smallest absolute Gasteiger partial charge is 0.205 e. The molecule has 1 aliphatic heterocycles. The van der Waals surface area contributed by atoms with E-state index < -0.39 is 0 Å². The fraction of sp³-hybridized carbons (Fsp3) is 0.455. The second-order valence-electron chi connectivity index (χ2n) is 7.69. The van der Waals surface area contributed by atoms with Crippen LogP contribution in [0.15, 0.2) is 35.3 Å². The minimum atomic E-state index is 0. The lowest BCUT2D eigenvalue weighted by molar-refractivity contribution is 0.372. The van der Waals surface area contributed by atoms with Crippen molar-refractivity contribution in [2.24, 2.45) is 4.99 Å². The largest absolute Gasteiger partial charge is 0.352 e. The zero-order valence-corrected chi connectivity index (χ0v) is 22.2. The van der Waals surface area contributed by atoms with Gasteiger partial charge in [0, 0.05) is 63.4 Å². The summed E-state index contributed by atoms with van der Waals surface area (Å²) in [6.45, 7) is 10.5. The molecule has 1 fully saturated rings. The molecule has 0 aliphatic carbocycles. The third-order valence-corrected chi connectivity index (χ3v) is 6.32. The first-order valence-corrected chi connectivity index (χ1v) is 11.5. The van der Waals surface area contributed by atoms with Gasteiger partial charge >= 0.3 is 0 Å². The number of rotatable bonds is 5. The molecular weight excluding hydrogens is 535 g/mol. The van der Waals surface area contributed by atoms with E-state index in [0.717, 1.165) is 66.6 Å². The van der Waals surface area contributed by atoms with Gasteiger partial charge in [-0.25, -0.2) is 9.67 Å². The Morgan fingerprint density at radius 3 is 2.53 bits per heavy atom. The van der Waals surface area contributed by atoms with Crippen LogP contribution in [0.5, 0.6) is 0 Å². The van der Waals surface area contributed by atoms with Crippen LogP contribution in [0.4, 0.5) is 5.13 Å². The SMILES string of the molecule is CCc1nsc(N2CCN(C(=NC)NCc3ccccc3-n3nc(C)cc3C)CC2)n1.I.